The number of carboxylic acid groups (broad SMARTS) is 1. The molecule has 0 bridgehead atoms. The van der Waals surface area contributed by atoms with Gasteiger partial charge in [0.15, 0.2) is 0 Å². The van der Waals surface area contributed by atoms with Crippen LogP contribution in [0.4, 0.5) is 0 Å². The van der Waals surface area contributed by atoms with Crippen molar-refractivity contribution in [1.29, 1.82) is 0 Å². The van der Waals surface area contributed by atoms with Crippen molar-refractivity contribution < 1.29 is 19.4 Å². The minimum atomic E-state index is -0.843. The molecule has 1 amide bonds. The second-order valence-corrected chi connectivity index (χ2v) is 4.49. The van der Waals surface area contributed by atoms with Gasteiger partial charge in [-0.25, -0.2) is 0 Å². The van der Waals surface area contributed by atoms with Gasteiger partial charge in [-0.05, 0) is 25.8 Å². The molecular weight excluding hydrogens is 236 g/mol. The van der Waals surface area contributed by atoms with Crippen molar-refractivity contribution >= 4 is 11.9 Å². The van der Waals surface area contributed by atoms with E-state index in [4.69, 9.17) is 15.6 Å². The topological polar surface area (TPSA) is 92.9 Å². The average Bonchev–Trinajstić information content (AvgIpc) is 2.36. The van der Waals surface area contributed by atoms with Gasteiger partial charge in [0, 0.05) is 19.5 Å². The zero-order valence-electron chi connectivity index (χ0n) is 10.6. The van der Waals surface area contributed by atoms with Gasteiger partial charge in [-0.1, -0.05) is 0 Å². The summed E-state index contributed by atoms with van der Waals surface area (Å²) < 4.78 is 5.46. The minimum Gasteiger partial charge on any atom is -0.481 e. The van der Waals surface area contributed by atoms with E-state index in [0.29, 0.717) is 26.1 Å². The third kappa shape index (κ3) is 5.46. The number of likely N-dealkylation sites (tertiary alicyclic amines) is 1. The normalized spacial score (nSPS) is 16.8. The number of carboxylic acids is 1. The van der Waals surface area contributed by atoms with Gasteiger partial charge in [-0.3, -0.25) is 9.59 Å². The fourth-order valence-corrected chi connectivity index (χ4v) is 2.00. The van der Waals surface area contributed by atoms with Crippen molar-refractivity contribution in [2.24, 2.45) is 5.73 Å². The fourth-order valence-electron chi connectivity index (χ4n) is 2.00. The molecule has 1 saturated heterocycles. The maximum atomic E-state index is 11.7. The number of aliphatic carboxylic acids is 1. The predicted molar refractivity (Wildman–Crippen MR) is 66.1 cm³/mol. The molecule has 0 aromatic rings. The molecule has 1 fully saturated rings. The second-order valence-electron chi connectivity index (χ2n) is 4.49. The molecule has 0 aliphatic carbocycles. The standard InChI is InChI=1S/C12H22N2O4/c13-6-1-2-11(15)14-7-3-10(4-8-14)18-9-5-12(16)17/h10H,1-9,13H2,(H,16,17). The Morgan fingerprint density at radius 2 is 1.94 bits per heavy atom. The molecule has 6 nitrogen and oxygen atoms in total. The van der Waals surface area contributed by atoms with Crippen LogP contribution in [-0.2, 0) is 14.3 Å². The predicted octanol–water partition coefficient (Wildman–Crippen LogP) is 0.208. The Balaban J connectivity index is 2.16. The van der Waals surface area contributed by atoms with Gasteiger partial charge in [-0.15, -0.1) is 0 Å². The van der Waals surface area contributed by atoms with E-state index in [2.05, 4.69) is 0 Å². The lowest BCUT2D eigenvalue weighted by Crippen LogP contribution is -2.41. The molecule has 0 unspecified atom stereocenters. The summed E-state index contributed by atoms with van der Waals surface area (Å²) in [5, 5.41) is 8.50. The molecule has 0 radical (unpaired) electrons. The highest BCUT2D eigenvalue weighted by Gasteiger charge is 2.22. The Bertz CT molecular complexity index is 275. The molecule has 0 aromatic heterocycles. The van der Waals surface area contributed by atoms with E-state index >= 15 is 0 Å². The highest BCUT2D eigenvalue weighted by atomic mass is 16.5. The lowest BCUT2D eigenvalue weighted by Gasteiger charge is -2.32. The van der Waals surface area contributed by atoms with Crippen LogP contribution in [0.15, 0.2) is 0 Å². The summed E-state index contributed by atoms with van der Waals surface area (Å²) in [6.45, 7) is 2.18. The van der Waals surface area contributed by atoms with Crippen LogP contribution in [0.1, 0.15) is 32.1 Å². The van der Waals surface area contributed by atoms with E-state index in [1.807, 2.05) is 4.90 Å². The smallest absolute Gasteiger partial charge is 0.305 e. The van der Waals surface area contributed by atoms with Crippen molar-refractivity contribution in [3.8, 4) is 0 Å². The van der Waals surface area contributed by atoms with E-state index in [1.54, 1.807) is 0 Å². The van der Waals surface area contributed by atoms with Crippen molar-refractivity contribution in [2.45, 2.75) is 38.2 Å². The molecule has 0 saturated carbocycles. The van der Waals surface area contributed by atoms with Crippen molar-refractivity contribution in [3.05, 3.63) is 0 Å². The number of amides is 1. The number of carbonyl (C=O) groups is 2. The number of nitrogens with two attached hydrogens (primary N) is 1. The third-order valence-corrected chi connectivity index (χ3v) is 3.06. The summed E-state index contributed by atoms with van der Waals surface area (Å²) in [6.07, 6.45) is 2.94. The maximum absolute atomic E-state index is 11.7. The maximum Gasteiger partial charge on any atom is 0.305 e. The molecule has 1 aliphatic rings. The van der Waals surface area contributed by atoms with Crippen LogP contribution in [-0.4, -0.2) is 54.2 Å². The first kappa shape index (κ1) is 14.9. The van der Waals surface area contributed by atoms with Crippen molar-refractivity contribution in [3.63, 3.8) is 0 Å². The number of hydrogen-bond donors (Lipinski definition) is 2. The molecule has 1 rings (SSSR count). The Morgan fingerprint density at radius 1 is 1.28 bits per heavy atom. The Morgan fingerprint density at radius 3 is 2.50 bits per heavy atom. The number of piperidine rings is 1. The summed E-state index contributed by atoms with van der Waals surface area (Å²) in [5.74, 6) is -0.686. The van der Waals surface area contributed by atoms with Gasteiger partial charge in [-0.2, -0.15) is 0 Å². The number of rotatable bonds is 7. The van der Waals surface area contributed by atoms with Gasteiger partial charge in [0.2, 0.25) is 5.91 Å². The van der Waals surface area contributed by atoms with E-state index < -0.39 is 5.97 Å². The van der Waals surface area contributed by atoms with Gasteiger partial charge in [0.25, 0.3) is 0 Å². The van der Waals surface area contributed by atoms with Crippen LogP contribution >= 0.6 is 0 Å². The zero-order valence-corrected chi connectivity index (χ0v) is 10.6. The average molecular weight is 258 g/mol. The molecule has 6 heteroatoms. The van der Waals surface area contributed by atoms with Crippen LogP contribution in [0.2, 0.25) is 0 Å². The molecule has 1 aliphatic heterocycles. The molecular formula is C12H22N2O4. The number of hydrogen-bond acceptors (Lipinski definition) is 4. The Kier molecular flexibility index (Phi) is 6.67. The highest BCUT2D eigenvalue weighted by molar-refractivity contribution is 5.76. The number of carbonyl (C=O) groups excluding carboxylic acids is 1. The van der Waals surface area contributed by atoms with Crippen molar-refractivity contribution in [1.82, 2.24) is 4.90 Å². The Labute approximate surface area is 107 Å². The number of nitrogens with zero attached hydrogens (tertiary/aromatic N) is 1. The lowest BCUT2D eigenvalue weighted by molar-refractivity contribution is -0.139. The van der Waals surface area contributed by atoms with E-state index in [9.17, 15) is 9.59 Å². The third-order valence-electron chi connectivity index (χ3n) is 3.06. The molecule has 0 spiro atoms. The van der Waals surface area contributed by atoms with Crippen LogP contribution in [0.5, 0.6) is 0 Å². The highest BCUT2D eigenvalue weighted by Crippen LogP contribution is 2.15. The fraction of sp³-hybridized carbons (Fsp3) is 0.833. The van der Waals surface area contributed by atoms with Gasteiger partial charge in [0.1, 0.15) is 0 Å². The first-order chi connectivity index (χ1) is 8.63. The van der Waals surface area contributed by atoms with Gasteiger partial charge < -0.3 is 20.5 Å². The van der Waals surface area contributed by atoms with Crippen LogP contribution in [0, 0.1) is 0 Å². The molecule has 3 N–H and O–H groups in total. The van der Waals surface area contributed by atoms with E-state index in [-0.39, 0.29) is 25.0 Å². The quantitative estimate of drug-likeness (QED) is 0.681. The Hall–Kier alpha value is -1.14. The lowest BCUT2D eigenvalue weighted by atomic mass is 10.1. The summed E-state index contributed by atoms with van der Waals surface area (Å²) >= 11 is 0. The molecule has 0 aromatic carbocycles. The van der Waals surface area contributed by atoms with Gasteiger partial charge >= 0.3 is 5.97 Å². The summed E-state index contributed by atoms with van der Waals surface area (Å²) in [5.41, 5.74) is 5.37. The number of ether oxygens (including phenoxy) is 1. The molecule has 0 atom stereocenters. The van der Waals surface area contributed by atoms with Crippen molar-refractivity contribution in [2.75, 3.05) is 26.2 Å². The first-order valence-electron chi connectivity index (χ1n) is 6.44. The monoisotopic (exact) mass is 258 g/mol. The molecule has 18 heavy (non-hydrogen) atoms. The van der Waals surface area contributed by atoms with Crippen LogP contribution in [0.25, 0.3) is 0 Å². The summed E-state index contributed by atoms with van der Waals surface area (Å²) in [7, 11) is 0. The minimum absolute atomic E-state index is 0.0373. The van der Waals surface area contributed by atoms with Crippen LogP contribution < -0.4 is 5.73 Å². The van der Waals surface area contributed by atoms with Crippen LogP contribution in [0.3, 0.4) is 0 Å². The zero-order chi connectivity index (χ0) is 13.4. The largest absolute Gasteiger partial charge is 0.481 e. The van der Waals surface area contributed by atoms with E-state index in [0.717, 1.165) is 19.3 Å². The second kappa shape index (κ2) is 8.05. The van der Waals surface area contributed by atoms with Gasteiger partial charge in [0.05, 0.1) is 19.1 Å². The van der Waals surface area contributed by atoms with E-state index in [1.165, 1.54) is 0 Å². The summed E-state index contributed by atoms with van der Waals surface area (Å²) in [6, 6.07) is 0. The summed E-state index contributed by atoms with van der Waals surface area (Å²) in [4.78, 5) is 23.9. The molecule has 1 heterocycles. The molecule has 104 valence electrons. The SMILES string of the molecule is NCCCC(=O)N1CCC(OCCC(=O)O)CC1. The first-order valence-corrected chi connectivity index (χ1v) is 6.44.